The Balaban J connectivity index is 2.49. The molecule has 0 aromatic heterocycles. The van der Waals surface area contributed by atoms with E-state index in [0.29, 0.717) is 25.5 Å². The number of benzene rings is 1. The minimum absolute atomic E-state index is 0.125. The average molecular weight is 302 g/mol. The molecule has 1 saturated heterocycles. The van der Waals surface area contributed by atoms with Crippen molar-refractivity contribution in [3.05, 3.63) is 29.3 Å². The molecule has 1 aromatic carbocycles. The molecule has 1 aromatic rings. The molecule has 3 N–H and O–H groups in total. The molecule has 1 aliphatic heterocycles. The minimum atomic E-state index is -4.60. The van der Waals surface area contributed by atoms with Crippen molar-refractivity contribution in [2.24, 2.45) is 5.73 Å². The predicted octanol–water partition coefficient (Wildman–Crippen LogP) is 1.86. The number of nitrogens with zero attached hydrogens (tertiary/aromatic N) is 1. The van der Waals surface area contributed by atoms with E-state index >= 15 is 0 Å². The zero-order valence-electron chi connectivity index (χ0n) is 10.9. The number of carboxylic acids is 1. The molecule has 0 aliphatic carbocycles. The lowest BCUT2D eigenvalue weighted by Crippen LogP contribution is -2.37. The average Bonchev–Trinajstić information content (AvgIpc) is 2.85. The third-order valence-electron chi connectivity index (χ3n) is 3.44. The number of aliphatic carboxylic acids is 1. The fourth-order valence-electron chi connectivity index (χ4n) is 2.47. The van der Waals surface area contributed by atoms with E-state index in [9.17, 15) is 22.8 Å². The van der Waals surface area contributed by atoms with E-state index in [1.54, 1.807) is 0 Å². The molecule has 114 valence electrons. The lowest BCUT2D eigenvalue weighted by atomic mass is 10.1. The van der Waals surface area contributed by atoms with Crippen LogP contribution in [0.2, 0.25) is 0 Å². The van der Waals surface area contributed by atoms with Gasteiger partial charge in [0.15, 0.2) is 0 Å². The molecule has 0 bridgehead atoms. The van der Waals surface area contributed by atoms with Crippen LogP contribution < -0.4 is 10.6 Å². The molecule has 1 fully saturated rings. The summed E-state index contributed by atoms with van der Waals surface area (Å²) in [7, 11) is 0. The highest BCUT2D eigenvalue weighted by Gasteiger charge is 2.35. The molecular formula is C13H13F3N2O3. The van der Waals surface area contributed by atoms with Gasteiger partial charge in [0.2, 0.25) is 0 Å². The highest BCUT2D eigenvalue weighted by atomic mass is 19.4. The molecule has 1 aliphatic rings. The molecule has 1 heterocycles. The van der Waals surface area contributed by atoms with E-state index in [4.69, 9.17) is 10.8 Å². The second-order valence-corrected chi connectivity index (χ2v) is 4.78. The fourth-order valence-corrected chi connectivity index (χ4v) is 2.47. The van der Waals surface area contributed by atoms with Crippen LogP contribution in [0.1, 0.15) is 28.8 Å². The molecular weight excluding hydrogens is 289 g/mol. The lowest BCUT2D eigenvalue weighted by molar-refractivity contribution is -0.139. The Labute approximate surface area is 118 Å². The summed E-state index contributed by atoms with van der Waals surface area (Å²) in [6.07, 6.45) is -3.65. The van der Waals surface area contributed by atoms with Gasteiger partial charge in [-0.15, -0.1) is 0 Å². The smallest absolute Gasteiger partial charge is 0.416 e. The molecule has 0 spiro atoms. The van der Waals surface area contributed by atoms with Crippen molar-refractivity contribution in [3.8, 4) is 0 Å². The second-order valence-electron chi connectivity index (χ2n) is 4.78. The number of carbonyl (C=O) groups excluding carboxylic acids is 1. The number of primary amides is 1. The first-order valence-electron chi connectivity index (χ1n) is 6.22. The standard InChI is InChI=1S/C13H13F3N2O3/c14-13(15,16)7-3-4-9(8(6-7)11(17)19)18-5-1-2-10(18)12(20)21/h3-4,6,10H,1-2,5H2,(H2,17,19)(H,20,21). The highest BCUT2D eigenvalue weighted by Crippen LogP contribution is 2.35. The first-order valence-corrected chi connectivity index (χ1v) is 6.22. The molecule has 2 rings (SSSR count). The summed E-state index contributed by atoms with van der Waals surface area (Å²) in [6, 6.07) is 1.72. The van der Waals surface area contributed by atoms with Crippen LogP contribution in [0.15, 0.2) is 18.2 Å². The maximum Gasteiger partial charge on any atom is 0.416 e. The SMILES string of the molecule is NC(=O)c1cc(C(F)(F)F)ccc1N1CCCC1C(=O)O. The summed E-state index contributed by atoms with van der Waals surface area (Å²) >= 11 is 0. The molecule has 1 atom stereocenters. The van der Waals surface area contributed by atoms with Crippen molar-refractivity contribution in [3.63, 3.8) is 0 Å². The van der Waals surface area contributed by atoms with Crippen LogP contribution in [0.4, 0.5) is 18.9 Å². The van der Waals surface area contributed by atoms with Crippen molar-refractivity contribution in [2.75, 3.05) is 11.4 Å². The van der Waals surface area contributed by atoms with Crippen molar-refractivity contribution in [1.29, 1.82) is 0 Å². The number of carbonyl (C=O) groups is 2. The molecule has 8 heteroatoms. The Kier molecular flexibility index (Phi) is 3.80. The van der Waals surface area contributed by atoms with Crippen molar-refractivity contribution >= 4 is 17.6 Å². The number of carboxylic acid groups (broad SMARTS) is 1. The minimum Gasteiger partial charge on any atom is -0.480 e. The van der Waals surface area contributed by atoms with Gasteiger partial charge in [-0.1, -0.05) is 0 Å². The van der Waals surface area contributed by atoms with E-state index in [-0.39, 0.29) is 11.3 Å². The van der Waals surface area contributed by atoms with Crippen LogP contribution in [0.25, 0.3) is 0 Å². The maximum absolute atomic E-state index is 12.7. The van der Waals surface area contributed by atoms with Gasteiger partial charge in [0, 0.05) is 6.54 Å². The zero-order chi connectivity index (χ0) is 15.8. The summed E-state index contributed by atoms with van der Waals surface area (Å²) < 4.78 is 38.1. The highest BCUT2D eigenvalue weighted by molar-refractivity contribution is 5.99. The van der Waals surface area contributed by atoms with Gasteiger partial charge in [-0.25, -0.2) is 4.79 Å². The Hall–Kier alpha value is -2.25. The second kappa shape index (κ2) is 5.27. The molecule has 21 heavy (non-hydrogen) atoms. The number of hydrogen-bond acceptors (Lipinski definition) is 3. The number of halogens is 3. The molecule has 0 radical (unpaired) electrons. The van der Waals surface area contributed by atoms with Gasteiger partial charge in [-0.2, -0.15) is 13.2 Å². The summed E-state index contributed by atoms with van der Waals surface area (Å²) in [5.41, 5.74) is 3.95. The quantitative estimate of drug-likeness (QED) is 0.892. The van der Waals surface area contributed by atoms with E-state index in [0.717, 1.165) is 12.1 Å². The number of anilines is 1. The Bertz CT molecular complexity index is 587. The summed E-state index contributed by atoms with van der Waals surface area (Å²) in [5, 5.41) is 9.12. The van der Waals surface area contributed by atoms with Crippen LogP contribution in [0.5, 0.6) is 0 Å². The topological polar surface area (TPSA) is 83.6 Å². The van der Waals surface area contributed by atoms with Gasteiger partial charge >= 0.3 is 12.1 Å². The van der Waals surface area contributed by atoms with Gasteiger partial charge in [0.25, 0.3) is 5.91 Å². The number of amides is 1. The third kappa shape index (κ3) is 2.93. The monoisotopic (exact) mass is 302 g/mol. The van der Waals surface area contributed by atoms with Crippen LogP contribution in [-0.4, -0.2) is 29.6 Å². The van der Waals surface area contributed by atoms with Crippen LogP contribution in [0, 0.1) is 0 Å². The third-order valence-corrected chi connectivity index (χ3v) is 3.44. The van der Waals surface area contributed by atoms with Crippen LogP contribution in [-0.2, 0) is 11.0 Å². The van der Waals surface area contributed by atoms with Gasteiger partial charge < -0.3 is 15.7 Å². The van der Waals surface area contributed by atoms with E-state index in [1.807, 2.05) is 0 Å². The van der Waals surface area contributed by atoms with Crippen LogP contribution >= 0.6 is 0 Å². The number of alkyl halides is 3. The van der Waals surface area contributed by atoms with Gasteiger partial charge in [-0.3, -0.25) is 4.79 Å². The van der Waals surface area contributed by atoms with E-state index in [1.165, 1.54) is 4.90 Å². The molecule has 1 unspecified atom stereocenters. The number of rotatable bonds is 3. The number of nitrogens with two attached hydrogens (primary N) is 1. The van der Waals surface area contributed by atoms with Gasteiger partial charge in [-0.05, 0) is 31.0 Å². The van der Waals surface area contributed by atoms with Crippen LogP contribution in [0.3, 0.4) is 0 Å². The Morgan fingerprint density at radius 1 is 1.33 bits per heavy atom. The predicted molar refractivity (Wildman–Crippen MR) is 68.0 cm³/mol. The summed E-state index contributed by atoms with van der Waals surface area (Å²) in [5.74, 6) is -2.10. The van der Waals surface area contributed by atoms with Gasteiger partial charge in [0.05, 0.1) is 16.8 Å². The molecule has 1 amide bonds. The Morgan fingerprint density at radius 3 is 2.52 bits per heavy atom. The van der Waals surface area contributed by atoms with E-state index in [2.05, 4.69) is 0 Å². The first kappa shape index (κ1) is 15.1. The van der Waals surface area contributed by atoms with Crippen molar-refractivity contribution in [2.45, 2.75) is 25.1 Å². The van der Waals surface area contributed by atoms with Crippen molar-refractivity contribution < 1.29 is 27.9 Å². The largest absolute Gasteiger partial charge is 0.480 e. The lowest BCUT2D eigenvalue weighted by Gasteiger charge is -2.26. The number of hydrogen-bond donors (Lipinski definition) is 2. The van der Waals surface area contributed by atoms with E-state index < -0.39 is 29.7 Å². The zero-order valence-corrected chi connectivity index (χ0v) is 10.9. The first-order chi connectivity index (χ1) is 9.71. The van der Waals surface area contributed by atoms with Crippen molar-refractivity contribution in [1.82, 2.24) is 0 Å². The molecule has 0 saturated carbocycles. The van der Waals surface area contributed by atoms with Gasteiger partial charge in [0.1, 0.15) is 6.04 Å². The maximum atomic E-state index is 12.7. The summed E-state index contributed by atoms with van der Waals surface area (Å²) in [6.45, 7) is 0.350. The fraction of sp³-hybridized carbons (Fsp3) is 0.385. The normalized spacial score (nSPS) is 18.8. The Morgan fingerprint density at radius 2 is 2.00 bits per heavy atom. The summed E-state index contributed by atoms with van der Waals surface area (Å²) in [4.78, 5) is 24.0. The molecule has 5 nitrogen and oxygen atoms in total.